The van der Waals surface area contributed by atoms with E-state index in [1.165, 1.54) is 0 Å². The van der Waals surface area contributed by atoms with Gasteiger partial charge in [0.1, 0.15) is 6.42 Å². The number of amides is 1. The molecule has 1 aromatic carbocycles. The number of rotatable bonds is 3. The fourth-order valence-electron chi connectivity index (χ4n) is 4.12. The Kier molecular flexibility index (Phi) is 3.56. The van der Waals surface area contributed by atoms with Gasteiger partial charge >= 0.3 is 6.18 Å². The molecule has 0 aliphatic heterocycles. The molecule has 0 bridgehead atoms. The largest absolute Gasteiger partial charge is 0.397 e. The molecule has 3 N–H and O–H groups in total. The molecular weight excluding hydrogens is 359 g/mol. The first-order valence-electron chi connectivity index (χ1n) is 7.88. The zero-order valence-electron chi connectivity index (χ0n) is 12.9. The summed E-state index contributed by atoms with van der Waals surface area (Å²) in [5.41, 5.74) is 0.260. The number of benzene rings is 1. The number of hydrogen-bond acceptors (Lipinski definition) is 3. The molecule has 0 radical (unpaired) electrons. The second-order valence-electron chi connectivity index (χ2n) is 6.94. The van der Waals surface area contributed by atoms with Crippen LogP contribution in [0, 0.1) is 11.8 Å². The second-order valence-corrected chi connectivity index (χ2v) is 7.37. The highest BCUT2D eigenvalue weighted by molar-refractivity contribution is 6.31. The van der Waals surface area contributed by atoms with Gasteiger partial charge in [0.15, 0.2) is 0 Å². The molecule has 2 aliphatic rings. The monoisotopic (exact) mass is 373 g/mol. The molecule has 9 heteroatoms. The molecule has 4 rings (SSSR count). The van der Waals surface area contributed by atoms with E-state index in [1.54, 1.807) is 18.3 Å². The fraction of sp³-hybridized carbons (Fsp3) is 0.500. The number of carbonyl (C=O) groups excluding carboxylic acids is 1. The van der Waals surface area contributed by atoms with E-state index in [0.717, 1.165) is 5.39 Å². The Morgan fingerprint density at radius 1 is 1.40 bits per heavy atom. The zero-order chi connectivity index (χ0) is 18.0. The number of nitrogens with zero attached hydrogens (tertiary/aromatic N) is 1. The number of aromatic amines is 1. The third kappa shape index (κ3) is 2.97. The normalized spacial score (nSPS) is 31.2. The number of alkyl halides is 3. The fourth-order valence-corrected chi connectivity index (χ4v) is 4.34. The summed E-state index contributed by atoms with van der Waals surface area (Å²) < 4.78 is 36.7. The lowest BCUT2D eigenvalue weighted by Crippen LogP contribution is -2.35. The molecule has 25 heavy (non-hydrogen) atoms. The Morgan fingerprint density at radius 2 is 2.08 bits per heavy atom. The Balaban J connectivity index is 1.48. The first kappa shape index (κ1) is 16.7. The van der Waals surface area contributed by atoms with Crippen LogP contribution in [0.5, 0.6) is 0 Å². The van der Waals surface area contributed by atoms with Gasteiger partial charge in [0.2, 0.25) is 5.91 Å². The lowest BCUT2D eigenvalue weighted by Gasteiger charge is -2.27. The van der Waals surface area contributed by atoms with E-state index in [9.17, 15) is 23.1 Å². The molecule has 134 valence electrons. The summed E-state index contributed by atoms with van der Waals surface area (Å²) in [6.45, 7) is 0. The van der Waals surface area contributed by atoms with E-state index in [-0.39, 0.29) is 17.9 Å². The zero-order valence-corrected chi connectivity index (χ0v) is 13.7. The number of halogens is 4. The number of hydrogen-bond donors (Lipinski definition) is 3. The maximum absolute atomic E-state index is 12.2. The standard InChI is InChI=1S/C16H15ClF3N3O2/c17-7-1-11(10-6-21-23-12(10)2-7)15(25)3-8-9(4-15)14(8)22-13(24)5-16(18,19)20/h1-2,6,8-9,14,25H,3-5H2,(H,21,23)(H,22,24)/t8-,9+,14+,15+. The van der Waals surface area contributed by atoms with E-state index >= 15 is 0 Å². The van der Waals surface area contributed by atoms with Crippen molar-refractivity contribution in [3.63, 3.8) is 0 Å². The average Bonchev–Trinajstić information content (AvgIpc) is 2.89. The number of nitrogens with one attached hydrogen (secondary N) is 2. The third-order valence-corrected chi connectivity index (χ3v) is 5.41. The molecule has 1 amide bonds. The van der Waals surface area contributed by atoms with Crippen LogP contribution in [-0.2, 0) is 10.4 Å². The predicted octanol–water partition coefficient (Wildman–Crippen LogP) is 2.88. The van der Waals surface area contributed by atoms with Gasteiger partial charge in [-0.05, 0) is 42.4 Å². The average molecular weight is 374 g/mol. The van der Waals surface area contributed by atoms with Gasteiger partial charge in [0.05, 0.1) is 17.3 Å². The Hall–Kier alpha value is -1.80. The number of H-pyrrole nitrogens is 1. The SMILES string of the molecule is O=C(CC(F)(F)F)N[C@H]1[C@@H]2C[C@@](O)(c3cc(Cl)cc4[nH]ncc34)C[C@@H]21. The summed E-state index contributed by atoms with van der Waals surface area (Å²) in [7, 11) is 0. The van der Waals surface area contributed by atoms with Crippen molar-refractivity contribution >= 4 is 28.4 Å². The van der Waals surface area contributed by atoms with Gasteiger partial charge < -0.3 is 10.4 Å². The van der Waals surface area contributed by atoms with Crippen LogP contribution >= 0.6 is 11.6 Å². The summed E-state index contributed by atoms with van der Waals surface area (Å²) in [5.74, 6) is -1.07. The molecule has 1 aromatic heterocycles. The summed E-state index contributed by atoms with van der Waals surface area (Å²) in [4.78, 5) is 11.4. The van der Waals surface area contributed by atoms with E-state index in [1.807, 2.05) is 0 Å². The van der Waals surface area contributed by atoms with Crippen molar-refractivity contribution in [3.8, 4) is 0 Å². The number of carbonyl (C=O) groups is 1. The quantitative estimate of drug-likeness (QED) is 0.774. The van der Waals surface area contributed by atoms with Crippen molar-refractivity contribution in [2.45, 2.75) is 37.1 Å². The lowest BCUT2D eigenvalue weighted by atomic mass is 9.86. The molecule has 4 atom stereocenters. The van der Waals surface area contributed by atoms with E-state index in [2.05, 4.69) is 15.5 Å². The molecule has 2 aliphatic carbocycles. The molecule has 2 fully saturated rings. The Bertz CT molecular complexity index is 839. The molecule has 5 nitrogen and oxygen atoms in total. The highest BCUT2D eigenvalue weighted by Crippen LogP contribution is 2.60. The van der Waals surface area contributed by atoms with Crippen LogP contribution in [0.4, 0.5) is 13.2 Å². The maximum atomic E-state index is 12.2. The molecule has 0 unspecified atom stereocenters. The molecule has 1 heterocycles. The second kappa shape index (κ2) is 5.35. The number of aromatic nitrogens is 2. The van der Waals surface area contributed by atoms with Gasteiger partial charge in [-0.15, -0.1) is 0 Å². The van der Waals surface area contributed by atoms with Crippen molar-refractivity contribution < 1.29 is 23.1 Å². The molecule has 0 spiro atoms. The minimum Gasteiger partial charge on any atom is -0.385 e. The van der Waals surface area contributed by atoms with Crippen LogP contribution in [0.2, 0.25) is 5.02 Å². The Morgan fingerprint density at radius 3 is 2.72 bits per heavy atom. The van der Waals surface area contributed by atoms with E-state index in [4.69, 9.17) is 11.6 Å². The van der Waals surface area contributed by atoms with Gasteiger partial charge in [-0.2, -0.15) is 18.3 Å². The number of fused-ring (bicyclic) bond motifs is 2. The van der Waals surface area contributed by atoms with Gasteiger partial charge in [-0.1, -0.05) is 11.6 Å². The first-order valence-corrected chi connectivity index (χ1v) is 8.26. The van der Waals surface area contributed by atoms with Crippen molar-refractivity contribution in [1.29, 1.82) is 0 Å². The Labute approximate surface area is 145 Å². The van der Waals surface area contributed by atoms with Crippen LogP contribution in [0.3, 0.4) is 0 Å². The van der Waals surface area contributed by atoms with Crippen molar-refractivity contribution in [2.75, 3.05) is 0 Å². The summed E-state index contributed by atoms with van der Waals surface area (Å²) in [6.07, 6.45) is -3.63. The van der Waals surface area contributed by atoms with Crippen LogP contribution in [-0.4, -0.2) is 33.4 Å². The van der Waals surface area contributed by atoms with E-state index < -0.39 is 24.1 Å². The highest BCUT2D eigenvalue weighted by Gasteiger charge is 2.62. The lowest BCUT2D eigenvalue weighted by molar-refractivity contribution is -0.154. The van der Waals surface area contributed by atoms with Gasteiger partial charge in [0.25, 0.3) is 0 Å². The highest BCUT2D eigenvalue weighted by atomic mass is 35.5. The van der Waals surface area contributed by atoms with Crippen molar-refractivity contribution in [1.82, 2.24) is 15.5 Å². The van der Waals surface area contributed by atoms with Crippen LogP contribution in [0.25, 0.3) is 10.9 Å². The van der Waals surface area contributed by atoms with Gasteiger partial charge in [-0.25, -0.2) is 0 Å². The molecule has 2 saturated carbocycles. The molecular formula is C16H15ClF3N3O2. The van der Waals surface area contributed by atoms with E-state index in [0.29, 0.717) is 28.9 Å². The summed E-state index contributed by atoms with van der Waals surface area (Å²) in [6, 6.07) is 3.11. The smallest absolute Gasteiger partial charge is 0.385 e. The minimum absolute atomic E-state index is 0.0249. The topological polar surface area (TPSA) is 78.0 Å². The first-order chi connectivity index (χ1) is 11.7. The van der Waals surface area contributed by atoms with Crippen LogP contribution in [0.15, 0.2) is 18.3 Å². The maximum Gasteiger partial charge on any atom is 0.397 e. The summed E-state index contributed by atoms with van der Waals surface area (Å²) >= 11 is 6.11. The minimum atomic E-state index is -4.51. The van der Waals surface area contributed by atoms with Gasteiger partial charge in [0, 0.05) is 16.5 Å². The summed E-state index contributed by atoms with van der Waals surface area (Å²) in [5, 5.41) is 21.5. The van der Waals surface area contributed by atoms with Crippen molar-refractivity contribution in [2.24, 2.45) is 11.8 Å². The molecule has 0 saturated heterocycles. The van der Waals surface area contributed by atoms with Crippen molar-refractivity contribution in [3.05, 3.63) is 28.9 Å². The van der Waals surface area contributed by atoms with Crippen LogP contribution < -0.4 is 5.32 Å². The molecule has 2 aromatic rings. The number of aliphatic hydroxyl groups is 1. The third-order valence-electron chi connectivity index (χ3n) is 5.19. The van der Waals surface area contributed by atoms with Gasteiger partial charge in [-0.3, -0.25) is 9.89 Å². The predicted molar refractivity (Wildman–Crippen MR) is 83.8 cm³/mol. The van der Waals surface area contributed by atoms with Crippen LogP contribution in [0.1, 0.15) is 24.8 Å².